The van der Waals surface area contributed by atoms with Crippen molar-refractivity contribution in [1.29, 1.82) is 0 Å². The normalized spacial score (nSPS) is 21.6. The van der Waals surface area contributed by atoms with Crippen LogP contribution in [0.4, 0.5) is 4.79 Å². The van der Waals surface area contributed by atoms with Gasteiger partial charge in [-0.1, -0.05) is 30.3 Å². The lowest BCUT2D eigenvalue weighted by molar-refractivity contribution is -0.188. The van der Waals surface area contributed by atoms with Crippen LogP contribution < -0.4 is 0 Å². The van der Waals surface area contributed by atoms with Crippen LogP contribution in [0.15, 0.2) is 30.3 Å². The van der Waals surface area contributed by atoms with Crippen LogP contribution in [0, 0.1) is 0 Å². The molecule has 1 aliphatic heterocycles. The summed E-state index contributed by atoms with van der Waals surface area (Å²) < 4.78 is 6.02. The zero-order valence-electron chi connectivity index (χ0n) is 14.7. The van der Waals surface area contributed by atoms with Crippen LogP contribution in [-0.2, 0) is 16.0 Å². The van der Waals surface area contributed by atoms with Gasteiger partial charge in [0.25, 0.3) is 0 Å². The summed E-state index contributed by atoms with van der Waals surface area (Å²) in [6.07, 6.45) is 3.21. The SMILES string of the molecule is CN(CCc1ccccc1)C(=O)N1CC(CC(=O)O)OC2(CCC2)C1. The Morgan fingerprint density at radius 1 is 1.32 bits per heavy atom. The number of aliphatic carboxylic acids is 1. The highest BCUT2D eigenvalue weighted by Crippen LogP contribution is 2.40. The number of likely N-dealkylation sites (N-methyl/N-ethyl adjacent to an activating group) is 1. The Hall–Kier alpha value is -2.08. The van der Waals surface area contributed by atoms with Crippen molar-refractivity contribution in [3.8, 4) is 0 Å². The van der Waals surface area contributed by atoms with Gasteiger partial charge in [-0.15, -0.1) is 0 Å². The Bertz CT molecular complexity index is 615. The van der Waals surface area contributed by atoms with Crippen LogP contribution in [0.3, 0.4) is 0 Å². The van der Waals surface area contributed by atoms with Crippen LogP contribution in [0.25, 0.3) is 0 Å². The van der Waals surface area contributed by atoms with Gasteiger partial charge in [0.15, 0.2) is 0 Å². The number of benzene rings is 1. The second-order valence-electron chi connectivity index (χ2n) is 7.19. The van der Waals surface area contributed by atoms with Crippen LogP contribution in [0.2, 0.25) is 0 Å². The number of hydrogen-bond acceptors (Lipinski definition) is 3. The van der Waals surface area contributed by atoms with E-state index in [-0.39, 0.29) is 18.1 Å². The molecule has 1 unspecified atom stereocenters. The first kappa shape index (κ1) is 17.7. The molecule has 2 aliphatic rings. The van der Waals surface area contributed by atoms with E-state index in [1.54, 1.807) is 16.8 Å². The Balaban J connectivity index is 1.60. The van der Waals surface area contributed by atoms with Crippen LogP contribution in [-0.4, -0.2) is 65.3 Å². The number of morpholine rings is 1. The minimum Gasteiger partial charge on any atom is -0.481 e. The quantitative estimate of drug-likeness (QED) is 0.889. The molecular formula is C19H26N2O4. The summed E-state index contributed by atoms with van der Waals surface area (Å²) in [5.41, 5.74) is 0.872. The minimum absolute atomic E-state index is 0.0408. The molecule has 1 N–H and O–H groups in total. The fraction of sp³-hybridized carbons (Fsp3) is 0.579. The van der Waals surface area contributed by atoms with Crippen molar-refractivity contribution >= 4 is 12.0 Å². The summed E-state index contributed by atoms with van der Waals surface area (Å²) >= 11 is 0. The average molecular weight is 346 g/mol. The lowest BCUT2D eigenvalue weighted by atomic mass is 9.78. The largest absolute Gasteiger partial charge is 0.481 e. The molecule has 0 radical (unpaired) electrons. The summed E-state index contributed by atoms with van der Waals surface area (Å²) in [7, 11) is 1.81. The van der Waals surface area contributed by atoms with Crippen LogP contribution >= 0.6 is 0 Å². The molecule has 1 saturated heterocycles. The topological polar surface area (TPSA) is 70.1 Å². The van der Waals surface area contributed by atoms with E-state index >= 15 is 0 Å². The van der Waals surface area contributed by atoms with Gasteiger partial charge in [-0.3, -0.25) is 4.79 Å². The van der Waals surface area contributed by atoms with Crippen molar-refractivity contribution in [2.45, 2.75) is 43.8 Å². The maximum absolute atomic E-state index is 12.8. The van der Waals surface area contributed by atoms with Crippen LogP contribution in [0.1, 0.15) is 31.2 Å². The van der Waals surface area contributed by atoms with Gasteiger partial charge in [0.2, 0.25) is 0 Å². The highest BCUT2D eigenvalue weighted by molar-refractivity contribution is 5.75. The Kier molecular flexibility index (Phi) is 5.27. The molecule has 1 saturated carbocycles. The van der Waals surface area contributed by atoms with Crippen molar-refractivity contribution < 1.29 is 19.4 Å². The number of amides is 2. The Labute approximate surface area is 148 Å². The van der Waals surface area contributed by atoms with Gasteiger partial charge in [-0.05, 0) is 31.2 Å². The van der Waals surface area contributed by atoms with E-state index in [9.17, 15) is 9.59 Å². The molecule has 1 aliphatic carbocycles. The molecule has 6 nitrogen and oxygen atoms in total. The van der Waals surface area contributed by atoms with Gasteiger partial charge in [0.05, 0.1) is 24.7 Å². The van der Waals surface area contributed by atoms with Crippen molar-refractivity contribution in [2.75, 3.05) is 26.7 Å². The first-order chi connectivity index (χ1) is 12.0. The molecule has 25 heavy (non-hydrogen) atoms. The number of carboxylic acids is 1. The Morgan fingerprint density at radius 3 is 2.64 bits per heavy atom. The molecule has 1 aromatic rings. The number of rotatable bonds is 5. The number of hydrogen-bond donors (Lipinski definition) is 1. The highest BCUT2D eigenvalue weighted by atomic mass is 16.5. The van der Waals surface area contributed by atoms with Crippen molar-refractivity contribution in [2.24, 2.45) is 0 Å². The maximum atomic E-state index is 12.8. The second kappa shape index (κ2) is 7.44. The Morgan fingerprint density at radius 2 is 2.04 bits per heavy atom. The lowest BCUT2D eigenvalue weighted by Gasteiger charge is -2.51. The highest BCUT2D eigenvalue weighted by Gasteiger charge is 2.47. The lowest BCUT2D eigenvalue weighted by Crippen LogP contribution is -2.62. The van der Waals surface area contributed by atoms with Crippen molar-refractivity contribution in [1.82, 2.24) is 9.80 Å². The predicted octanol–water partition coefficient (Wildman–Crippen LogP) is 2.38. The van der Waals surface area contributed by atoms with E-state index in [1.807, 2.05) is 18.2 Å². The number of carboxylic acid groups (broad SMARTS) is 1. The minimum atomic E-state index is -0.883. The molecular weight excluding hydrogens is 320 g/mol. The van der Waals surface area contributed by atoms with E-state index in [0.717, 1.165) is 25.7 Å². The maximum Gasteiger partial charge on any atom is 0.319 e. The third-order valence-corrected chi connectivity index (χ3v) is 5.16. The van der Waals surface area contributed by atoms with Gasteiger partial charge in [0, 0.05) is 20.1 Å². The first-order valence-corrected chi connectivity index (χ1v) is 8.91. The molecule has 1 atom stereocenters. The molecule has 2 fully saturated rings. The van der Waals surface area contributed by atoms with E-state index in [1.165, 1.54) is 5.56 Å². The van der Waals surface area contributed by atoms with E-state index in [4.69, 9.17) is 9.84 Å². The summed E-state index contributed by atoms with van der Waals surface area (Å²) in [6, 6.07) is 10.0. The summed E-state index contributed by atoms with van der Waals surface area (Å²) in [4.78, 5) is 27.4. The van der Waals surface area contributed by atoms with Gasteiger partial charge in [-0.25, -0.2) is 4.79 Å². The van der Waals surface area contributed by atoms with Crippen molar-refractivity contribution in [3.63, 3.8) is 0 Å². The van der Waals surface area contributed by atoms with Crippen molar-refractivity contribution in [3.05, 3.63) is 35.9 Å². The van der Waals surface area contributed by atoms with E-state index < -0.39 is 12.1 Å². The third-order valence-electron chi connectivity index (χ3n) is 5.16. The molecule has 1 aromatic carbocycles. The first-order valence-electron chi connectivity index (χ1n) is 8.91. The molecule has 0 bridgehead atoms. The summed E-state index contributed by atoms with van der Waals surface area (Å²) in [6.45, 7) is 1.55. The number of carbonyl (C=O) groups excluding carboxylic acids is 1. The van der Waals surface area contributed by atoms with E-state index in [0.29, 0.717) is 19.6 Å². The monoisotopic (exact) mass is 346 g/mol. The number of ether oxygens (including phenoxy) is 1. The van der Waals surface area contributed by atoms with Gasteiger partial charge >= 0.3 is 12.0 Å². The van der Waals surface area contributed by atoms with Crippen LogP contribution in [0.5, 0.6) is 0 Å². The summed E-state index contributed by atoms with van der Waals surface area (Å²) in [5, 5.41) is 9.08. The molecule has 1 spiro atoms. The molecule has 136 valence electrons. The zero-order chi connectivity index (χ0) is 17.9. The number of urea groups is 1. The number of nitrogens with zero attached hydrogens (tertiary/aromatic N) is 2. The predicted molar refractivity (Wildman–Crippen MR) is 93.5 cm³/mol. The molecule has 1 heterocycles. The zero-order valence-corrected chi connectivity index (χ0v) is 14.7. The third kappa shape index (κ3) is 4.31. The molecule has 3 rings (SSSR count). The van der Waals surface area contributed by atoms with E-state index in [2.05, 4.69) is 12.1 Å². The summed E-state index contributed by atoms with van der Waals surface area (Å²) in [5.74, 6) is -0.883. The molecule has 6 heteroatoms. The second-order valence-corrected chi connectivity index (χ2v) is 7.19. The molecule has 2 amide bonds. The van der Waals surface area contributed by atoms with Gasteiger partial charge in [-0.2, -0.15) is 0 Å². The smallest absolute Gasteiger partial charge is 0.319 e. The average Bonchev–Trinajstić information content (AvgIpc) is 2.57. The standard InChI is InChI=1S/C19H26N2O4/c1-20(11-8-15-6-3-2-4-7-15)18(24)21-13-16(12-17(22)23)25-19(14-21)9-5-10-19/h2-4,6-7,16H,5,8-14H2,1H3,(H,22,23). The number of carbonyl (C=O) groups is 2. The van der Waals surface area contributed by atoms with Gasteiger partial charge < -0.3 is 19.6 Å². The fourth-order valence-electron chi connectivity index (χ4n) is 3.66. The fourth-order valence-corrected chi connectivity index (χ4v) is 3.66. The molecule has 0 aromatic heterocycles. The van der Waals surface area contributed by atoms with Gasteiger partial charge in [0.1, 0.15) is 0 Å².